The largest absolute Gasteiger partial charge is 0.369 e. The zero-order chi connectivity index (χ0) is 14.0. The molecule has 0 aromatic carbocycles. The van der Waals surface area contributed by atoms with Gasteiger partial charge >= 0.3 is 0 Å². The number of pyridine rings is 1. The average molecular weight is 264 g/mol. The molecule has 2 rings (SSSR count). The molecule has 1 unspecified atom stereocenters. The predicted octanol–water partition coefficient (Wildman–Crippen LogP) is 1.01. The molecule has 3 N–H and O–H groups in total. The molecule has 1 amide bonds. The Hall–Kier alpha value is -1.66. The summed E-state index contributed by atoms with van der Waals surface area (Å²) >= 11 is 0. The minimum absolute atomic E-state index is 0.0256. The topological polar surface area (TPSA) is 80.5 Å². The molecule has 1 aromatic rings. The lowest BCUT2D eigenvalue weighted by molar-refractivity contribution is -0.118. The van der Waals surface area contributed by atoms with Gasteiger partial charge in [0.2, 0.25) is 0 Å². The third-order valence-electron chi connectivity index (χ3n) is 3.01. The number of nitrogens with two attached hydrogens (primary N) is 1. The van der Waals surface area contributed by atoms with E-state index in [1.54, 1.807) is 23.2 Å². The number of carbonyl (C=O) groups excluding carboxylic acids is 1. The maximum absolute atomic E-state index is 12.4. The second kappa shape index (κ2) is 5.14. The molecule has 0 radical (unpaired) electrons. The van der Waals surface area contributed by atoms with Gasteiger partial charge in [0.25, 0.3) is 5.91 Å². The zero-order valence-electron chi connectivity index (χ0n) is 11.5. The summed E-state index contributed by atoms with van der Waals surface area (Å²) < 4.78 is 5.79. The van der Waals surface area contributed by atoms with Gasteiger partial charge in [0.15, 0.2) is 0 Å². The lowest BCUT2D eigenvalue weighted by Gasteiger charge is -2.41. The highest BCUT2D eigenvalue weighted by atomic mass is 16.5. The van der Waals surface area contributed by atoms with E-state index < -0.39 is 0 Å². The fourth-order valence-electron chi connectivity index (χ4n) is 2.38. The molecule has 19 heavy (non-hydrogen) atoms. The number of carbonyl (C=O) groups is 1. The first-order valence-corrected chi connectivity index (χ1v) is 6.31. The lowest BCUT2D eigenvalue weighted by Crippen LogP contribution is -2.53. The van der Waals surface area contributed by atoms with E-state index in [0.29, 0.717) is 24.5 Å². The molecule has 0 saturated carbocycles. The maximum atomic E-state index is 12.4. The van der Waals surface area contributed by atoms with Gasteiger partial charge in [-0.25, -0.2) is 4.98 Å². The number of anilines is 1. The fourth-order valence-corrected chi connectivity index (χ4v) is 2.38. The van der Waals surface area contributed by atoms with Crippen molar-refractivity contribution in [1.82, 2.24) is 9.88 Å². The van der Waals surface area contributed by atoms with Crippen LogP contribution < -0.4 is 11.3 Å². The number of morpholine rings is 1. The number of nitrogens with one attached hydrogen (secondary N) is 1. The Bertz CT molecular complexity index is 458. The van der Waals surface area contributed by atoms with Crippen LogP contribution >= 0.6 is 0 Å². The summed E-state index contributed by atoms with van der Waals surface area (Å²) in [5.74, 6) is 5.19. The van der Waals surface area contributed by atoms with Crippen LogP contribution in [-0.4, -0.2) is 40.6 Å². The van der Waals surface area contributed by atoms with E-state index in [0.717, 1.165) is 0 Å². The van der Waals surface area contributed by atoms with Crippen LogP contribution in [0.4, 0.5) is 5.69 Å². The van der Waals surface area contributed by atoms with Gasteiger partial charge in [0, 0.05) is 13.1 Å². The number of hydrogen-bond acceptors (Lipinski definition) is 5. The van der Waals surface area contributed by atoms with Gasteiger partial charge < -0.3 is 15.1 Å². The summed E-state index contributed by atoms with van der Waals surface area (Å²) in [5.41, 5.74) is 3.25. The van der Waals surface area contributed by atoms with Gasteiger partial charge in [-0.1, -0.05) is 0 Å². The Morgan fingerprint density at radius 3 is 2.84 bits per heavy atom. The first-order chi connectivity index (χ1) is 8.91. The second-order valence-corrected chi connectivity index (χ2v) is 5.45. The van der Waals surface area contributed by atoms with Crippen molar-refractivity contribution in [2.24, 2.45) is 5.84 Å². The van der Waals surface area contributed by atoms with Crippen LogP contribution in [0, 0.1) is 0 Å². The summed E-state index contributed by atoms with van der Waals surface area (Å²) in [7, 11) is 0. The smallest absolute Gasteiger partial charge is 0.272 e. The van der Waals surface area contributed by atoms with Gasteiger partial charge in [0.05, 0.1) is 23.6 Å². The fraction of sp³-hybridized carbons (Fsp3) is 0.538. The second-order valence-electron chi connectivity index (χ2n) is 5.45. The molecule has 0 aliphatic carbocycles. The highest BCUT2D eigenvalue weighted by Crippen LogP contribution is 2.22. The summed E-state index contributed by atoms with van der Waals surface area (Å²) in [4.78, 5) is 18.3. The van der Waals surface area contributed by atoms with Crippen LogP contribution in [0.25, 0.3) is 0 Å². The van der Waals surface area contributed by atoms with E-state index in [9.17, 15) is 4.79 Å². The number of aromatic nitrogens is 1. The average Bonchev–Trinajstić information content (AvgIpc) is 2.35. The molecule has 104 valence electrons. The summed E-state index contributed by atoms with van der Waals surface area (Å²) in [5, 5.41) is 0. The summed E-state index contributed by atoms with van der Waals surface area (Å²) in [6, 6.07) is 3.40. The Morgan fingerprint density at radius 1 is 1.58 bits per heavy atom. The van der Waals surface area contributed by atoms with Gasteiger partial charge in [0.1, 0.15) is 5.69 Å². The third-order valence-corrected chi connectivity index (χ3v) is 3.01. The molecule has 6 nitrogen and oxygen atoms in total. The number of hydrazine groups is 1. The van der Waals surface area contributed by atoms with E-state index in [-0.39, 0.29) is 17.6 Å². The van der Waals surface area contributed by atoms with Crippen molar-refractivity contribution in [3.63, 3.8) is 0 Å². The van der Waals surface area contributed by atoms with Gasteiger partial charge in [-0.2, -0.15) is 0 Å². The zero-order valence-corrected chi connectivity index (χ0v) is 11.5. The van der Waals surface area contributed by atoms with Crippen molar-refractivity contribution in [1.29, 1.82) is 0 Å². The quantitative estimate of drug-likeness (QED) is 0.615. The van der Waals surface area contributed by atoms with E-state index in [1.165, 1.54) is 0 Å². The van der Waals surface area contributed by atoms with Crippen molar-refractivity contribution in [2.45, 2.75) is 32.5 Å². The van der Waals surface area contributed by atoms with Crippen molar-refractivity contribution in [3.05, 3.63) is 24.0 Å². The molecule has 1 aliphatic heterocycles. The predicted molar refractivity (Wildman–Crippen MR) is 72.6 cm³/mol. The van der Waals surface area contributed by atoms with Crippen LogP contribution in [0.5, 0.6) is 0 Å². The Balaban J connectivity index is 2.14. The molecule has 0 spiro atoms. The number of nitrogen functional groups attached to an aromatic ring is 1. The Labute approximate surface area is 112 Å². The monoisotopic (exact) mass is 264 g/mol. The number of ether oxygens (including phenoxy) is 1. The molecule has 1 saturated heterocycles. The van der Waals surface area contributed by atoms with Crippen molar-refractivity contribution >= 4 is 11.6 Å². The van der Waals surface area contributed by atoms with E-state index >= 15 is 0 Å². The van der Waals surface area contributed by atoms with Crippen LogP contribution in [0.1, 0.15) is 31.3 Å². The van der Waals surface area contributed by atoms with Crippen LogP contribution in [0.2, 0.25) is 0 Å². The number of rotatable bonds is 2. The van der Waals surface area contributed by atoms with Crippen LogP contribution in [0.15, 0.2) is 18.3 Å². The molecule has 1 aliphatic rings. The van der Waals surface area contributed by atoms with Gasteiger partial charge in [-0.3, -0.25) is 10.6 Å². The maximum Gasteiger partial charge on any atom is 0.272 e. The van der Waals surface area contributed by atoms with E-state index in [1.807, 2.05) is 20.8 Å². The van der Waals surface area contributed by atoms with Crippen molar-refractivity contribution < 1.29 is 9.53 Å². The van der Waals surface area contributed by atoms with Crippen LogP contribution in [0.3, 0.4) is 0 Å². The number of nitrogens with zero attached hydrogens (tertiary/aromatic N) is 2. The molecular formula is C13H20N4O2. The lowest BCUT2D eigenvalue weighted by atomic mass is 10.1. The van der Waals surface area contributed by atoms with Gasteiger partial charge in [-0.15, -0.1) is 0 Å². The number of amides is 1. The highest BCUT2D eigenvalue weighted by molar-refractivity contribution is 5.92. The molecule has 2 heterocycles. The number of hydrogen-bond donors (Lipinski definition) is 2. The van der Waals surface area contributed by atoms with Crippen molar-refractivity contribution in [2.75, 3.05) is 18.5 Å². The molecule has 1 fully saturated rings. The van der Waals surface area contributed by atoms with E-state index in [2.05, 4.69) is 10.4 Å². The molecule has 6 heteroatoms. The highest BCUT2D eigenvalue weighted by Gasteiger charge is 2.34. The molecular weight excluding hydrogens is 244 g/mol. The minimum Gasteiger partial charge on any atom is -0.369 e. The molecule has 1 atom stereocenters. The van der Waals surface area contributed by atoms with Crippen molar-refractivity contribution in [3.8, 4) is 0 Å². The standard InChI is InChI=1S/C13H20N4O2/c1-9-7-17(8-13(2,3)19-9)12(18)11-5-4-10(16-14)6-15-11/h4-6,9,16H,7-8,14H2,1-3H3. The Morgan fingerprint density at radius 2 is 2.32 bits per heavy atom. The molecule has 0 bridgehead atoms. The first-order valence-electron chi connectivity index (χ1n) is 6.31. The van der Waals surface area contributed by atoms with Gasteiger partial charge in [-0.05, 0) is 32.9 Å². The third kappa shape index (κ3) is 3.21. The minimum atomic E-state index is -0.327. The molecule has 1 aromatic heterocycles. The summed E-state index contributed by atoms with van der Waals surface area (Å²) in [6.07, 6.45) is 1.57. The Kier molecular flexibility index (Phi) is 3.73. The van der Waals surface area contributed by atoms with Crippen LogP contribution in [-0.2, 0) is 4.74 Å². The summed E-state index contributed by atoms with van der Waals surface area (Å²) in [6.45, 7) is 7.08. The normalized spacial score (nSPS) is 22.1. The first kappa shape index (κ1) is 13.8. The van der Waals surface area contributed by atoms with E-state index in [4.69, 9.17) is 10.6 Å². The SMILES string of the molecule is CC1CN(C(=O)c2ccc(NN)cn2)CC(C)(C)O1.